The standard InChI is InChI=1S/C7H11N3O2/c1-10(7(11)9-8)5-6-3-2-4-12-6/h2-4H,5,8H2,1H3,(H,9,11). The van der Waals surface area contributed by atoms with Crippen molar-refractivity contribution in [2.24, 2.45) is 5.84 Å². The lowest BCUT2D eigenvalue weighted by atomic mass is 10.4. The number of urea groups is 1. The molecule has 0 spiro atoms. The van der Waals surface area contributed by atoms with Crippen molar-refractivity contribution in [1.29, 1.82) is 0 Å². The first kappa shape index (κ1) is 8.61. The molecule has 0 aromatic carbocycles. The fraction of sp³-hybridized carbons (Fsp3) is 0.286. The number of amides is 2. The Labute approximate surface area is 70.1 Å². The molecule has 0 aliphatic rings. The van der Waals surface area contributed by atoms with Crippen LogP contribution in [0.15, 0.2) is 22.8 Å². The zero-order chi connectivity index (χ0) is 8.97. The molecule has 0 aliphatic carbocycles. The highest BCUT2D eigenvalue weighted by atomic mass is 16.3. The number of nitrogens with one attached hydrogen (secondary N) is 1. The van der Waals surface area contributed by atoms with Crippen molar-refractivity contribution in [3.05, 3.63) is 24.2 Å². The average molecular weight is 169 g/mol. The van der Waals surface area contributed by atoms with E-state index in [0.29, 0.717) is 6.54 Å². The quantitative estimate of drug-likeness (QED) is 0.380. The fourth-order valence-electron chi connectivity index (χ4n) is 0.818. The largest absolute Gasteiger partial charge is 0.467 e. The summed E-state index contributed by atoms with van der Waals surface area (Å²) in [4.78, 5) is 12.3. The Morgan fingerprint density at radius 3 is 3.08 bits per heavy atom. The molecule has 0 bridgehead atoms. The Bertz CT molecular complexity index is 245. The predicted molar refractivity (Wildman–Crippen MR) is 42.9 cm³/mol. The summed E-state index contributed by atoms with van der Waals surface area (Å²) < 4.78 is 5.04. The van der Waals surface area contributed by atoms with Gasteiger partial charge in [0.25, 0.3) is 0 Å². The van der Waals surface area contributed by atoms with Crippen molar-refractivity contribution in [3.8, 4) is 0 Å². The summed E-state index contributed by atoms with van der Waals surface area (Å²) in [5, 5.41) is 0. The molecule has 1 aromatic rings. The molecule has 5 heteroatoms. The zero-order valence-electron chi connectivity index (χ0n) is 6.78. The molecule has 1 heterocycles. The van der Waals surface area contributed by atoms with Crippen LogP contribution in [0.3, 0.4) is 0 Å². The Morgan fingerprint density at radius 2 is 2.58 bits per heavy atom. The van der Waals surface area contributed by atoms with Crippen LogP contribution < -0.4 is 11.3 Å². The van der Waals surface area contributed by atoms with Gasteiger partial charge in [0.05, 0.1) is 12.8 Å². The highest BCUT2D eigenvalue weighted by Crippen LogP contribution is 2.02. The van der Waals surface area contributed by atoms with Crippen LogP contribution in [0, 0.1) is 0 Å². The highest BCUT2D eigenvalue weighted by molar-refractivity contribution is 5.72. The average Bonchev–Trinajstić information content (AvgIpc) is 2.55. The van der Waals surface area contributed by atoms with E-state index in [1.54, 1.807) is 25.4 Å². The van der Waals surface area contributed by atoms with E-state index in [9.17, 15) is 4.79 Å². The van der Waals surface area contributed by atoms with Gasteiger partial charge >= 0.3 is 6.03 Å². The molecule has 0 saturated heterocycles. The topological polar surface area (TPSA) is 71.5 Å². The van der Waals surface area contributed by atoms with E-state index in [-0.39, 0.29) is 6.03 Å². The number of rotatable bonds is 2. The van der Waals surface area contributed by atoms with Gasteiger partial charge in [-0.05, 0) is 12.1 Å². The van der Waals surface area contributed by atoms with E-state index in [1.807, 2.05) is 5.43 Å². The maximum absolute atomic E-state index is 10.9. The molecule has 66 valence electrons. The van der Waals surface area contributed by atoms with E-state index in [1.165, 1.54) is 4.90 Å². The minimum Gasteiger partial charge on any atom is -0.467 e. The molecular formula is C7H11N3O2. The highest BCUT2D eigenvalue weighted by Gasteiger charge is 2.07. The number of nitrogens with zero attached hydrogens (tertiary/aromatic N) is 1. The van der Waals surface area contributed by atoms with Crippen molar-refractivity contribution in [2.75, 3.05) is 7.05 Å². The number of furan rings is 1. The van der Waals surface area contributed by atoms with Crippen LogP contribution in [-0.2, 0) is 6.54 Å². The Hall–Kier alpha value is -1.49. The normalized spacial score (nSPS) is 9.50. The molecule has 0 aliphatic heterocycles. The Kier molecular flexibility index (Phi) is 2.71. The summed E-state index contributed by atoms with van der Waals surface area (Å²) in [6.07, 6.45) is 1.56. The van der Waals surface area contributed by atoms with Gasteiger partial charge in [0.2, 0.25) is 0 Å². The number of carbonyl (C=O) groups excluding carboxylic acids is 1. The van der Waals surface area contributed by atoms with E-state index in [4.69, 9.17) is 10.3 Å². The molecule has 0 radical (unpaired) electrons. The van der Waals surface area contributed by atoms with Gasteiger partial charge in [0, 0.05) is 7.05 Å². The van der Waals surface area contributed by atoms with Crippen molar-refractivity contribution in [3.63, 3.8) is 0 Å². The number of carbonyl (C=O) groups is 1. The fourth-order valence-corrected chi connectivity index (χ4v) is 0.818. The predicted octanol–water partition coefficient (Wildman–Crippen LogP) is 0.295. The van der Waals surface area contributed by atoms with Crippen molar-refractivity contribution in [1.82, 2.24) is 10.3 Å². The molecule has 0 unspecified atom stereocenters. The van der Waals surface area contributed by atoms with E-state index in [0.717, 1.165) is 5.76 Å². The van der Waals surface area contributed by atoms with Gasteiger partial charge in [-0.15, -0.1) is 0 Å². The van der Waals surface area contributed by atoms with Crippen LogP contribution in [0.2, 0.25) is 0 Å². The second kappa shape index (κ2) is 3.77. The van der Waals surface area contributed by atoms with Gasteiger partial charge in [0.1, 0.15) is 5.76 Å². The van der Waals surface area contributed by atoms with Crippen molar-refractivity contribution >= 4 is 6.03 Å². The second-order valence-corrected chi connectivity index (χ2v) is 2.38. The SMILES string of the molecule is CN(Cc1ccco1)C(=O)NN. The molecule has 0 saturated carbocycles. The summed E-state index contributed by atoms with van der Waals surface area (Å²) in [6, 6.07) is 3.22. The molecule has 3 N–H and O–H groups in total. The number of hydrogen-bond donors (Lipinski definition) is 2. The van der Waals surface area contributed by atoms with Crippen LogP contribution in [0.4, 0.5) is 4.79 Å². The first-order valence-electron chi connectivity index (χ1n) is 3.48. The Morgan fingerprint density at radius 1 is 1.83 bits per heavy atom. The summed E-state index contributed by atoms with van der Waals surface area (Å²) in [6.45, 7) is 0.413. The lowest BCUT2D eigenvalue weighted by molar-refractivity contribution is 0.203. The molecule has 1 rings (SSSR count). The van der Waals surface area contributed by atoms with Crippen LogP contribution in [0.25, 0.3) is 0 Å². The zero-order valence-corrected chi connectivity index (χ0v) is 6.78. The Balaban J connectivity index is 2.47. The van der Waals surface area contributed by atoms with Gasteiger partial charge in [0.15, 0.2) is 0 Å². The lowest BCUT2D eigenvalue weighted by Crippen LogP contribution is -2.40. The van der Waals surface area contributed by atoms with Crippen LogP contribution >= 0.6 is 0 Å². The lowest BCUT2D eigenvalue weighted by Gasteiger charge is -2.13. The number of hydrazine groups is 1. The first-order valence-corrected chi connectivity index (χ1v) is 3.48. The molecule has 2 amide bonds. The van der Waals surface area contributed by atoms with Crippen LogP contribution in [-0.4, -0.2) is 18.0 Å². The van der Waals surface area contributed by atoms with Gasteiger partial charge in [-0.25, -0.2) is 10.6 Å². The van der Waals surface area contributed by atoms with Gasteiger partial charge in [-0.3, -0.25) is 5.43 Å². The summed E-state index contributed by atoms with van der Waals surface area (Å²) in [5.74, 6) is 5.65. The smallest absolute Gasteiger partial charge is 0.331 e. The first-order chi connectivity index (χ1) is 5.74. The molecular weight excluding hydrogens is 158 g/mol. The van der Waals surface area contributed by atoms with Crippen molar-refractivity contribution < 1.29 is 9.21 Å². The molecule has 1 aromatic heterocycles. The van der Waals surface area contributed by atoms with Crippen LogP contribution in [0.5, 0.6) is 0 Å². The van der Waals surface area contributed by atoms with Gasteiger partial charge in [-0.1, -0.05) is 0 Å². The summed E-state index contributed by atoms with van der Waals surface area (Å²) in [5.41, 5.74) is 2.02. The van der Waals surface area contributed by atoms with Crippen LogP contribution in [0.1, 0.15) is 5.76 Å². The minimum absolute atomic E-state index is 0.341. The maximum Gasteiger partial charge on any atom is 0.331 e. The third kappa shape index (κ3) is 2.00. The maximum atomic E-state index is 10.9. The number of hydrogen-bond acceptors (Lipinski definition) is 3. The molecule has 12 heavy (non-hydrogen) atoms. The number of nitrogens with two attached hydrogens (primary N) is 1. The van der Waals surface area contributed by atoms with Gasteiger partial charge < -0.3 is 9.32 Å². The minimum atomic E-state index is -0.341. The molecule has 5 nitrogen and oxygen atoms in total. The van der Waals surface area contributed by atoms with E-state index < -0.39 is 0 Å². The second-order valence-electron chi connectivity index (χ2n) is 2.38. The molecule has 0 atom stereocenters. The molecule has 0 fully saturated rings. The summed E-state index contributed by atoms with van der Waals surface area (Å²) >= 11 is 0. The third-order valence-corrected chi connectivity index (χ3v) is 1.44. The third-order valence-electron chi connectivity index (χ3n) is 1.44. The van der Waals surface area contributed by atoms with E-state index >= 15 is 0 Å². The summed E-state index contributed by atoms with van der Waals surface area (Å²) in [7, 11) is 1.63. The van der Waals surface area contributed by atoms with Gasteiger partial charge in [-0.2, -0.15) is 0 Å². The van der Waals surface area contributed by atoms with E-state index in [2.05, 4.69) is 0 Å². The van der Waals surface area contributed by atoms with Crippen molar-refractivity contribution in [2.45, 2.75) is 6.54 Å². The monoisotopic (exact) mass is 169 g/mol.